The molecule has 0 atom stereocenters. The van der Waals surface area contributed by atoms with E-state index in [1.165, 1.54) is 5.56 Å². The molecule has 6 heteroatoms. The van der Waals surface area contributed by atoms with Gasteiger partial charge in [-0.3, -0.25) is 0 Å². The predicted molar refractivity (Wildman–Crippen MR) is 81.2 cm³/mol. The Balaban J connectivity index is 2.25. The number of hydrogen-bond acceptors (Lipinski definition) is 6. The summed E-state index contributed by atoms with van der Waals surface area (Å²) in [7, 11) is 1.58. The minimum Gasteiger partial charge on any atom is -0.439 e. The molecule has 0 aliphatic heterocycles. The highest BCUT2D eigenvalue weighted by atomic mass is 16.5. The predicted octanol–water partition coefficient (Wildman–Crippen LogP) is 2.82. The van der Waals surface area contributed by atoms with Crippen molar-refractivity contribution < 1.29 is 9.47 Å². The van der Waals surface area contributed by atoms with Gasteiger partial charge in [-0.05, 0) is 23.6 Å². The number of benzene rings is 1. The normalized spacial score (nSPS) is 10.7. The van der Waals surface area contributed by atoms with Crippen LogP contribution in [-0.2, 0) is 11.3 Å². The summed E-state index contributed by atoms with van der Waals surface area (Å²) in [6, 6.07) is 9.56. The van der Waals surface area contributed by atoms with Crippen molar-refractivity contribution >= 4 is 5.82 Å². The van der Waals surface area contributed by atoms with Crippen LogP contribution in [0.15, 0.2) is 30.3 Å². The number of nitrogen functional groups attached to an aromatic ring is 1. The first-order valence-corrected chi connectivity index (χ1v) is 6.73. The summed E-state index contributed by atoms with van der Waals surface area (Å²) >= 11 is 0. The molecular formula is C15H20N4O2. The van der Waals surface area contributed by atoms with E-state index < -0.39 is 0 Å². The third kappa shape index (κ3) is 4.14. The number of hydrazine groups is 1. The molecule has 0 radical (unpaired) electrons. The second-order valence-corrected chi connectivity index (χ2v) is 4.91. The number of nitrogens with one attached hydrogen (secondary N) is 1. The Morgan fingerprint density at radius 2 is 2.05 bits per heavy atom. The fourth-order valence-electron chi connectivity index (χ4n) is 1.85. The summed E-state index contributed by atoms with van der Waals surface area (Å²) in [5.74, 6) is 7.97. The second-order valence-electron chi connectivity index (χ2n) is 4.91. The molecule has 1 heterocycles. The maximum atomic E-state index is 5.80. The van der Waals surface area contributed by atoms with Gasteiger partial charge < -0.3 is 14.9 Å². The molecule has 112 valence electrons. The topological polar surface area (TPSA) is 82.3 Å². The zero-order valence-corrected chi connectivity index (χ0v) is 12.5. The van der Waals surface area contributed by atoms with Gasteiger partial charge in [-0.1, -0.05) is 26.0 Å². The monoisotopic (exact) mass is 288 g/mol. The van der Waals surface area contributed by atoms with Gasteiger partial charge in [0, 0.05) is 13.2 Å². The van der Waals surface area contributed by atoms with Gasteiger partial charge in [0.25, 0.3) is 0 Å². The van der Waals surface area contributed by atoms with Crippen LogP contribution < -0.4 is 16.0 Å². The zero-order chi connectivity index (χ0) is 15.2. The first-order valence-electron chi connectivity index (χ1n) is 6.73. The first kappa shape index (κ1) is 15.2. The average molecular weight is 288 g/mol. The number of aromatic nitrogens is 2. The van der Waals surface area contributed by atoms with Crippen LogP contribution >= 0.6 is 0 Å². The fourth-order valence-corrected chi connectivity index (χ4v) is 1.85. The van der Waals surface area contributed by atoms with Crippen molar-refractivity contribution in [3.63, 3.8) is 0 Å². The van der Waals surface area contributed by atoms with Crippen LogP contribution in [0, 0.1) is 0 Å². The molecule has 1 aromatic heterocycles. The van der Waals surface area contributed by atoms with Crippen molar-refractivity contribution in [3.8, 4) is 11.6 Å². The number of rotatable bonds is 6. The molecule has 21 heavy (non-hydrogen) atoms. The van der Waals surface area contributed by atoms with Gasteiger partial charge in [-0.15, -0.1) is 0 Å². The van der Waals surface area contributed by atoms with E-state index in [-0.39, 0.29) is 6.61 Å². The smallest absolute Gasteiger partial charge is 0.224 e. The van der Waals surface area contributed by atoms with Gasteiger partial charge in [-0.2, -0.15) is 4.98 Å². The fraction of sp³-hybridized carbons (Fsp3) is 0.333. The standard InChI is InChI=1S/C15H20N4O2/c1-10(2)11-5-4-6-12(7-11)21-15-8-13(19-16)17-14(18-15)9-20-3/h4-8,10H,9,16H2,1-3H3,(H,17,18,19). The molecule has 0 aliphatic rings. The molecular weight excluding hydrogens is 268 g/mol. The van der Waals surface area contributed by atoms with E-state index in [4.69, 9.17) is 15.3 Å². The minimum absolute atomic E-state index is 0.290. The Kier molecular flexibility index (Phi) is 5.08. The Hall–Kier alpha value is -2.18. The molecule has 0 fully saturated rings. The van der Waals surface area contributed by atoms with Crippen LogP contribution in [0.4, 0.5) is 5.82 Å². The lowest BCUT2D eigenvalue weighted by molar-refractivity contribution is 0.177. The highest BCUT2D eigenvalue weighted by Gasteiger charge is 2.07. The molecule has 6 nitrogen and oxygen atoms in total. The van der Waals surface area contributed by atoms with Gasteiger partial charge >= 0.3 is 0 Å². The number of hydrogen-bond donors (Lipinski definition) is 2. The molecule has 0 saturated heterocycles. The first-order chi connectivity index (χ1) is 10.1. The van der Waals surface area contributed by atoms with Gasteiger partial charge in [0.1, 0.15) is 18.2 Å². The van der Waals surface area contributed by atoms with E-state index in [0.717, 1.165) is 5.75 Å². The second kappa shape index (κ2) is 7.01. The SMILES string of the molecule is COCc1nc(NN)cc(Oc2cccc(C(C)C)c2)n1. The summed E-state index contributed by atoms with van der Waals surface area (Å²) in [4.78, 5) is 8.46. The molecule has 0 unspecified atom stereocenters. The molecule has 2 aromatic rings. The number of nitrogens with two attached hydrogens (primary N) is 1. The zero-order valence-electron chi connectivity index (χ0n) is 12.5. The van der Waals surface area contributed by atoms with Crippen LogP contribution in [0.1, 0.15) is 31.2 Å². The Bertz CT molecular complexity index is 602. The maximum Gasteiger partial charge on any atom is 0.224 e. The van der Waals surface area contributed by atoms with E-state index in [2.05, 4.69) is 35.3 Å². The molecule has 0 aliphatic carbocycles. The summed E-state index contributed by atoms with van der Waals surface area (Å²) in [6.45, 7) is 4.56. The number of nitrogens with zero attached hydrogens (tertiary/aromatic N) is 2. The van der Waals surface area contributed by atoms with Crippen molar-refractivity contribution in [1.29, 1.82) is 0 Å². The van der Waals surface area contributed by atoms with Gasteiger partial charge in [0.15, 0.2) is 5.82 Å². The third-order valence-electron chi connectivity index (χ3n) is 2.92. The van der Waals surface area contributed by atoms with Crippen molar-refractivity contribution in [2.75, 3.05) is 12.5 Å². The Morgan fingerprint density at radius 3 is 2.71 bits per heavy atom. The highest BCUT2D eigenvalue weighted by molar-refractivity contribution is 5.39. The molecule has 0 bridgehead atoms. The van der Waals surface area contributed by atoms with Gasteiger partial charge in [0.2, 0.25) is 5.88 Å². The summed E-state index contributed by atoms with van der Waals surface area (Å²) < 4.78 is 10.8. The number of methoxy groups -OCH3 is 1. The van der Waals surface area contributed by atoms with Crippen LogP contribution in [0.3, 0.4) is 0 Å². The summed E-state index contributed by atoms with van der Waals surface area (Å²) in [6.07, 6.45) is 0. The van der Waals surface area contributed by atoms with E-state index >= 15 is 0 Å². The maximum absolute atomic E-state index is 5.80. The van der Waals surface area contributed by atoms with Crippen molar-refractivity contribution in [3.05, 3.63) is 41.7 Å². The third-order valence-corrected chi connectivity index (χ3v) is 2.92. The van der Waals surface area contributed by atoms with Crippen LogP contribution in [-0.4, -0.2) is 17.1 Å². The molecule has 0 spiro atoms. The Labute approximate surface area is 124 Å². The molecule has 0 saturated carbocycles. The lowest BCUT2D eigenvalue weighted by Gasteiger charge is -2.11. The molecule has 3 N–H and O–H groups in total. The Morgan fingerprint density at radius 1 is 1.24 bits per heavy atom. The van der Waals surface area contributed by atoms with E-state index in [1.807, 2.05) is 18.2 Å². The van der Waals surface area contributed by atoms with Crippen LogP contribution in [0.25, 0.3) is 0 Å². The molecule has 0 amide bonds. The van der Waals surface area contributed by atoms with Crippen molar-refractivity contribution in [2.45, 2.75) is 26.4 Å². The average Bonchev–Trinajstić information content (AvgIpc) is 2.47. The van der Waals surface area contributed by atoms with E-state index in [0.29, 0.717) is 23.4 Å². The molecule has 2 rings (SSSR count). The number of anilines is 1. The minimum atomic E-state index is 0.290. The molecule has 1 aromatic carbocycles. The van der Waals surface area contributed by atoms with Crippen molar-refractivity contribution in [1.82, 2.24) is 9.97 Å². The van der Waals surface area contributed by atoms with Gasteiger partial charge in [-0.25, -0.2) is 10.8 Å². The summed E-state index contributed by atoms with van der Waals surface area (Å²) in [5, 5.41) is 0. The van der Waals surface area contributed by atoms with Gasteiger partial charge in [0.05, 0.1) is 0 Å². The van der Waals surface area contributed by atoms with Crippen LogP contribution in [0.5, 0.6) is 11.6 Å². The van der Waals surface area contributed by atoms with E-state index in [9.17, 15) is 0 Å². The van der Waals surface area contributed by atoms with E-state index in [1.54, 1.807) is 13.2 Å². The van der Waals surface area contributed by atoms with Crippen LogP contribution in [0.2, 0.25) is 0 Å². The quantitative estimate of drug-likeness (QED) is 0.628. The lowest BCUT2D eigenvalue weighted by Crippen LogP contribution is -2.11. The van der Waals surface area contributed by atoms with Crippen molar-refractivity contribution in [2.24, 2.45) is 5.84 Å². The summed E-state index contributed by atoms with van der Waals surface area (Å²) in [5.41, 5.74) is 3.70. The largest absolute Gasteiger partial charge is 0.439 e. The number of ether oxygens (including phenoxy) is 2. The highest BCUT2D eigenvalue weighted by Crippen LogP contribution is 2.25. The lowest BCUT2D eigenvalue weighted by atomic mass is 10.0.